The third kappa shape index (κ3) is 3.99. The van der Waals surface area contributed by atoms with Gasteiger partial charge in [-0.3, -0.25) is 9.79 Å². The first-order valence-corrected chi connectivity index (χ1v) is 7.72. The summed E-state index contributed by atoms with van der Waals surface area (Å²) in [6.07, 6.45) is 3.17. The fourth-order valence-corrected chi connectivity index (χ4v) is 2.46. The molecule has 2 aromatic carbocycles. The quantitative estimate of drug-likeness (QED) is 0.847. The molecule has 1 aliphatic rings. The van der Waals surface area contributed by atoms with E-state index in [1.807, 2.05) is 42.5 Å². The average molecular weight is 326 g/mol. The Labute approximate surface area is 139 Å². The molecule has 5 heteroatoms. The summed E-state index contributed by atoms with van der Waals surface area (Å²) in [6, 6.07) is 15.0. The molecule has 2 aromatic rings. The molecule has 0 radical (unpaired) electrons. The number of hydrogen-bond donors (Lipinski definition) is 2. The highest BCUT2D eigenvalue weighted by molar-refractivity contribution is 6.32. The molecule has 116 valence electrons. The predicted octanol–water partition coefficient (Wildman–Crippen LogP) is 3.34. The molecule has 0 bridgehead atoms. The maximum absolute atomic E-state index is 12.0. The minimum absolute atomic E-state index is 0.200. The monoisotopic (exact) mass is 325 g/mol. The van der Waals surface area contributed by atoms with Crippen LogP contribution in [0.2, 0.25) is 5.02 Å². The highest BCUT2D eigenvalue weighted by Gasteiger charge is 2.07. The topological polar surface area (TPSA) is 53.5 Å². The summed E-state index contributed by atoms with van der Waals surface area (Å²) in [7, 11) is 0. The number of nitrogens with zero attached hydrogens (tertiary/aromatic N) is 1. The van der Waals surface area contributed by atoms with Gasteiger partial charge in [0.25, 0.3) is 0 Å². The van der Waals surface area contributed by atoms with E-state index in [0.717, 1.165) is 35.7 Å². The van der Waals surface area contributed by atoms with Crippen molar-refractivity contribution in [1.29, 1.82) is 0 Å². The van der Waals surface area contributed by atoms with Crippen LogP contribution < -0.4 is 10.6 Å². The summed E-state index contributed by atoms with van der Waals surface area (Å²) >= 11 is 6.05. The molecular formula is C18H16ClN3O. The molecule has 0 aliphatic carbocycles. The Balaban J connectivity index is 1.62. The number of carbonyl (C=O) groups is 1. The van der Waals surface area contributed by atoms with Gasteiger partial charge in [0.1, 0.15) is 5.84 Å². The summed E-state index contributed by atoms with van der Waals surface area (Å²) in [5.74, 6) is 0.704. The molecule has 2 N–H and O–H groups in total. The molecule has 1 heterocycles. The predicted molar refractivity (Wildman–Crippen MR) is 95.0 cm³/mol. The van der Waals surface area contributed by atoms with Gasteiger partial charge < -0.3 is 10.6 Å². The molecule has 0 aromatic heterocycles. The Morgan fingerprint density at radius 3 is 2.65 bits per heavy atom. The standard InChI is InChI=1S/C18H16ClN3O/c19-16-4-2-1-3-13(16)7-10-17(23)22-15-8-5-14(6-9-15)18-20-11-12-21-18/h1-10H,11-12H2,(H,20,21)(H,22,23)/b10-7+. The summed E-state index contributed by atoms with van der Waals surface area (Å²) in [6.45, 7) is 1.68. The fourth-order valence-electron chi connectivity index (χ4n) is 2.26. The lowest BCUT2D eigenvalue weighted by atomic mass is 10.2. The molecule has 0 unspecified atom stereocenters. The molecule has 0 spiro atoms. The van der Waals surface area contributed by atoms with Gasteiger partial charge in [-0.1, -0.05) is 29.8 Å². The molecule has 1 aliphatic heterocycles. The van der Waals surface area contributed by atoms with Crippen molar-refractivity contribution in [2.45, 2.75) is 0 Å². The first-order chi connectivity index (χ1) is 11.2. The maximum Gasteiger partial charge on any atom is 0.248 e. The molecule has 1 amide bonds. The summed E-state index contributed by atoms with van der Waals surface area (Å²) < 4.78 is 0. The van der Waals surface area contributed by atoms with Gasteiger partial charge in [0.05, 0.1) is 6.54 Å². The van der Waals surface area contributed by atoms with E-state index in [-0.39, 0.29) is 5.91 Å². The van der Waals surface area contributed by atoms with Gasteiger partial charge in [0.15, 0.2) is 0 Å². The third-order valence-corrected chi connectivity index (χ3v) is 3.76. The van der Waals surface area contributed by atoms with E-state index in [4.69, 9.17) is 11.6 Å². The number of benzene rings is 2. The number of halogens is 1. The van der Waals surface area contributed by atoms with Gasteiger partial charge in [0.2, 0.25) is 5.91 Å². The number of carbonyl (C=O) groups excluding carboxylic acids is 1. The molecule has 23 heavy (non-hydrogen) atoms. The van der Waals surface area contributed by atoms with E-state index in [1.165, 1.54) is 6.08 Å². The number of anilines is 1. The summed E-state index contributed by atoms with van der Waals surface area (Å²) in [5.41, 5.74) is 2.57. The van der Waals surface area contributed by atoms with E-state index >= 15 is 0 Å². The number of nitrogens with one attached hydrogen (secondary N) is 2. The summed E-state index contributed by atoms with van der Waals surface area (Å²) in [4.78, 5) is 16.3. The molecule has 0 fully saturated rings. The van der Waals surface area contributed by atoms with E-state index < -0.39 is 0 Å². The zero-order valence-electron chi connectivity index (χ0n) is 12.4. The summed E-state index contributed by atoms with van der Waals surface area (Å²) in [5, 5.41) is 6.65. The molecule has 0 saturated heterocycles. The van der Waals surface area contributed by atoms with Crippen LogP contribution in [0.5, 0.6) is 0 Å². The normalized spacial score (nSPS) is 13.7. The molecular weight excluding hydrogens is 310 g/mol. The van der Waals surface area contributed by atoms with Gasteiger partial charge >= 0.3 is 0 Å². The molecule has 3 rings (SSSR count). The molecule has 4 nitrogen and oxygen atoms in total. The second-order valence-corrected chi connectivity index (χ2v) is 5.49. The van der Waals surface area contributed by atoms with Crippen molar-refractivity contribution in [3.8, 4) is 0 Å². The van der Waals surface area contributed by atoms with Gasteiger partial charge in [-0.2, -0.15) is 0 Å². The number of amidine groups is 1. The second-order valence-electron chi connectivity index (χ2n) is 5.08. The van der Waals surface area contributed by atoms with Gasteiger partial charge in [-0.05, 0) is 42.0 Å². The smallest absolute Gasteiger partial charge is 0.248 e. The minimum atomic E-state index is -0.200. The van der Waals surface area contributed by atoms with Crippen LogP contribution in [0.25, 0.3) is 6.08 Å². The lowest BCUT2D eigenvalue weighted by Crippen LogP contribution is -2.19. The highest BCUT2D eigenvalue weighted by atomic mass is 35.5. The van der Waals surface area contributed by atoms with Crippen LogP contribution in [0.4, 0.5) is 5.69 Å². The zero-order valence-corrected chi connectivity index (χ0v) is 13.2. The van der Waals surface area contributed by atoms with Gasteiger partial charge in [0, 0.05) is 28.9 Å². The molecule has 0 saturated carbocycles. The van der Waals surface area contributed by atoms with Crippen molar-refractivity contribution in [3.63, 3.8) is 0 Å². The van der Waals surface area contributed by atoms with E-state index in [9.17, 15) is 4.79 Å². The SMILES string of the molecule is O=C(/C=C/c1ccccc1Cl)Nc1ccc(C2=NCCN2)cc1. The minimum Gasteiger partial charge on any atom is -0.368 e. The van der Waals surface area contributed by atoms with Crippen molar-refractivity contribution in [1.82, 2.24) is 5.32 Å². The largest absolute Gasteiger partial charge is 0.368 e. The second kappa shape index (κ2) is 7.11. The Kier molecular flexibility index (Phi) is 4.74. The lowest BCUT2D eigenvalue weighted by molar-refractivity contribution is -0.111. The Morgan fingerprint density at radius 2 is 1.96 bits per heavy atom. The third-order valence-electron chi connectivity index (χ3n) is 3.42. The zero-order chi connectivity index (χ0) is 16.1. The van der Waals surface area contributed by atoms with Crippen LogP contribution in [-0.4, -0.2) is 24.8 Å². The lowest BCUT2D eigenvalue weighted by Gasteiger charge is -2.05. The van der Waals surface area contributed by atoms with E-state index in [0.29, 0.717) is 5.02 Å². The van der Waals surface area contributed by atoms with E-state index in [2.05, 4.69) is 15.6 Å². The number of rotatable bonds is 4. The van der Waals surface area contributed by atoms with Crippen LogP contribution in [0, 0.1) is 0 Å². The Hall–Kier alpha value is -2.59. The number of aliphatic imine (C=N–C) groups is 1. The van der Waals surface area contributed by atoms with Crippen LogP contribution in [0.3, 0.4) is 0 Å². The van der Waals surface area contributed by atoms with Crippen LogP contribution in [0.15, 0.2) is 59.6 Å². The van der Waals surface area contributed by atoms with Crippen molar-refractivity contribution >= 4 is 35.1 Å². The maximum atomic E-state index is 12.0. The van der Waals surface area contributed by atoms with E-state index in [1.54, 1.807) is 12.1 Å². The van der Waals surface area contributed by atoms with Gasteiger partial charge in [-0.25, -0.2) is 0 Å². The fraction of sp³-hybridized carbons (Fsp3) is 0.111. The highest BCUT2D eigenvalue weighted by Crippen LogP contribution is 2.16. The first kappa shape index (κ1) is 15.3. The Bertz CT molecular complexity index is 766. The van der Waals surface area contributed by atoms with Gasteiger partial charge in [-0.15, -0.1) is 0 Å². The number of hydrogen-bond acceptors (Lipinski definition) is 3. The Morgan fingerprint density at radius 1 is 1.17 bits per heavy atom. The van der Waals surface area contributed by atoms with Crippen molar-refractivity contribution in [2.75, 3.05) is 18.4 Å². The van der Waals surface area contributed by atoms with Crippen LogP contribution in [-0.2, 0) is 4.79 Å². The van der Waals surface area contributed by atoms with Crippen molar-refractivity contribution in [2.24, 2.45) is 4.99 Å². The number of amides is 1. The van der Waals surface area contributed by atoms with Crippen LogP contribution >= 0.6 is 11.6 Å². The molecule has 0 atom stereocenters. The van der Waals surface area contributed by atoms with Crippen molar-refractivity contribution < 1.29 is 4.79 Å². The average Bonchev–Trinajstić information content (AvgIpc) is 3.09. The van der Waals surface area contributed by atoms with Crippen molar-refractivity contribution in [3.05, 3.63) is 70.8 Å². The first-order valence-electron chi connectivity index (χ1n) is 7.35. The van der Waals surface area contributed by atoms with Crippen LogP contribution in [0.1, 0.15) is 11.1 Å².